The van der Waals surface area contributed by atoms with Gasteiger partial charge in [0.05, 0.1) is 5.92 Å². The molecule has 3 nitrogen and oxygen atoms in total. The third-order valence-corrected chi connectivity index (χ3v) is 4.70. The SMILES string of the molecule is CC1CCC(N)C(C(=O)N2CCCC(C)(C)C2)C1. The molecule has 2 rings (SSSR count). The minimum atomic E-state index is 0.0719. The highest BCUT2D eigenvalue weighted by atomic mass is 16.2. The summed E-state index contributed by atoms with van der Waals surface area (Å²) in [6.07, 6.45) is 5.53. The van der Waals surface area contributed by atoms with Crippen LogP contribution >= 0.6 is 0 Å². The molecule has 2 N–H and O–H groups in total. The number of amides is 1. The number of rotatable bonds is 1. The van der Waals surface area contributed by atoms with Gasteiger partial charge in [0.2, 0.25) is 5.91 Å². The van der Waals surface area contributed by atoms with Gasteiger partial charge < -0.3 is 10.6 Å². The van der Waals surface area contributed by atoms with Gasteiger partial charge in [-0.05, 0) is 43.4 Å². The van der Waals surface area contributed by atoms with E-state index in [0.29, 0.717) is 11.8 Å². The zero-order valence-corrected chi connectivity index (χ0v) is 12.1. The van der Waals surface area contributed by atoms with Crippen molar-refractivity contribution in [2.75, 3.05) is 13.1 Å². The molecule has 104 valence electrons. The fourth-order valence-electron chi connectivity index (χ4n) is 3.53. The molecule has 3 heteroatoms. The molecule has 0 radical (unpaired) electrons. The average Bonchev–Trinajstić information content (AvgIpc) is 2.30. The second kappa shape index (κ2) is 5.20. The fraction of sp³-hybridized carbons (Fsp3) is 0.933. The maximum absolute atomic E-state index is 12.6. The van der Waals surface area contributed by atoms with Gasteiger partial charge in [-0.1, -0.05) is 20.8 Å². The molecule has 18 heavy (non-hydrogen) atoms. The lowest BCUT2D eigenvalue weighted by atomic mass is 9.77. The molecule has 0 aromatic carbocycles. The van der Waals surface area contributed by atoms with Crippen molar-refractivity contribution in [2.45, 2.75) is 58.9 Å². The molecule has 0 bridgehead atoms. The van der Waals surface area contributed by atoms with E-state index < -0.39 is 0 Å². The minimum absolute atomic E-state index is 0.0719. The second-order valence-electron chi connectivity index (χ2n) is 7.22. The summed E-state index contributed by atoms with van der Waals surface area (Å²) in [7, 11) is 0. The van der Waals surface area contributed by atoms with Crippen LogP contribution in [0.15, 0.2) is 0 Å². The number of nitrogens with two attached hydrogens (primary N) is 1. The molecular weight excluding hydrogens is 224 g/mol. The normalized spacial score (nSPS) is 36.4. The molecule has 0 spiro atoms. The molecule has 0 aromatic heterocycles. The van der Waals surface area contributed by atoms with Gasteiger partial charge in [-0.3, -0.25) is 4.79 Å². The van der Waals surface area contributed by atoms with E-state index in [1.807, 2.05) is 0 Å². The van der Waals surface area contributed by atoms with Crippen LogP contribution in [0.25, 0.3) is 0 Å². The lowest BCUT2D eigenvalue weighted by Crippen LogP contribution is -2.51. The highest BCUT2D eigenvalue weighted by Gasteiger charge is 2.37. The minimum Gasteiger partial charge on any atom is -0.342 e. The first-order chi connectivity index (χ1) is 8.39. The molecule has 0 aromatic rings. The van der Waals surface area contributed by atoms with Crippen LogP contribution < -0.4 is 5.73 Å². The summed E-state index contributed by atoms with van der Waals surface area (Å²) in [6.45, 7) is 8.60. The lowest BCUT2D eigenvalue weighted by Gasteiger charge is -2.42. The van der Waals surface area contributed by atoms with Crippen molar-refractivity contribution < 1.29 is 4.79 Å². The summed E-state index contributed by atoms with van der Waals surface area (Å²) in [5.74, 6) is 1.04. The fourth-order valence-corrected chi connectivity index (χ4v) is 3.53. The zero-order valence-electron chi connectivity index (χ0n) is 12.1. The first kappa shape index (κ1) is 13.9. The Morgan fingerprint density at radius 1 is 1.33 bits per heavy atom. The van der Waals surface area contributed by atoms with E-state index in [4.69, 9.17) is 5.73 Å². The Morgan fingerprint density at radius 2 is 2.06 bits per heavy atom. The van der Waals surface area contributed by atoms with Gasteiger partial charge in [-0.25, -0.2) is 0 Å². The smallest absolute Gasteiger partial charge is 0.227 e. The van der Waals surface area contributed by atoms with E-state index in [0.717, 1.165) is 32.4 Å². The van der Waals surface area contributed by atoms with Crippen LogP contribution in [0.5, 0.6) is 0 Å². The highest BCUT2D eigenvalue weighted by Crippen LogP contribution is 2.33. The van der Waals surface area contributed by atoms with Gasteiger partial charge in [0.15, 0.2) is 0 Å². The maximum Gasteiger partial charge on any atom is 0.227 e. The Kier molecular flexibility index (Phi) is 4.00. The lowest BCUT2D eigenvalue weighted by molar-refractivity contribution is -0.140. The van der Waals surface area contributed by atoms with Gasteiger partial charge in [0.1, 0.15) is 0 Å². The van der Waals surface area contributed by atoms with Crippen molar-refractivity contribution in [3.05, 3.63) is 0 Å². The number of piperidine rings is 1. The summed E-state index contributed by atoms with van der Waals surface area (Å²) in [5.41, 5.74) is 6.44. The predicted octanol–water partition coefficient (Wildman–Crippen LogP) is 2.40. The first-order valence-electron chi connectivity index (χ1n) is 7.43. The monoisotopic (exact) mass is 252 g/mol. The summed E-state index contributed by atoms with van der Waals surface area (Å²) < 4.78 is 0. The van der Waals surface area contributed by atoms with Crippen LogP contribution in [-0.4, -0.2) is 29.9 Å². The van der Waals surface area contributed by atoms with E-state index in [9.17, 15) is 4.79 Å². The zero-order chi connectivity index (χ0) is 13.3. The van der Waals surface area contributed by atoms with Crippen LogP contribution in [0.4, 0.5) is 0 Å². The summed E-state index contributed by atoms with van der Waals surface area (Å²) in [6, 6.07) is 0.0822. The predicted molar refractivity (Wildman–Crippen MR) is 74.1 cm³/mol. The first-order valence-corrected chi connectivity index (χ1v) is 7.43. The molecule has 2 fully saturated rings. The van der Waals surface area contributed by atoms with Crippen LogP contribution in [-0.2, 0) is 4.79 Å². The van der Waals surface area contributed by atoms with E-state index in [1.54, 1.807) is 0 Å². The van der Waals surface area contributed by atoms with Gasteiger partial charge in [0.25, 0.3) is 0 Å². The topological polar surface area (TPSA) is 46.3 Å². The van der Waals surface area contributed by atoms with Crippen molar-refractivity contribution >= 4 is 5.91 Å². The number of carbonyl (C=O) groups is 1. The van der Waals surface area contributed by atoms with E-state index >= 15 is 0 Å². The average molecular weight is 252 g/mol. The van der Waals surface area contributed by atoms with Gasteiger partial charge >= 0.3 is 0 Å². The molecule has 2 aliphatic rings. The quantitative estimate of drug-likeness (QED) is 0.779. The Morgan fingerprint density at radius 3 is 2.72 bits per heavy atom. The number of carbonyl (C=O) groups excluding carboxylic acids is 1. The van der Waals surface area contributed by atoms with Crippen LogP contribution in [0, 0.1) is 17.3 Å². The van der Waals surface area contributed by atoms with Crippen molar-refractivity contribution in [2.24, 2.45) is 23.0 Å². The van der Waals surface area contributed by atoms with Gasteiger partial charge in [-0.2, -0.15) is 0 Å². The van der Waals surface area contributed by atoms with E-state index in [2.05, 4.69) is 25.7 Å². The van der Waals surface area contributed by atoms with Crippen LogP contribution in [0.1, 0.15) is 52.9 Å². The molecule has 1 saturated carbocycles. The Balaban J connectivity index is 2.01. The van der Waals surface area contributed by atoms with E-state index in [-0.39, 0.29) is 17.4 Å². The van der Waals surface area contributed by atoms with Crippen LogP contribution in [0.3, 0.4) is 0 Å². The van der Waals surface area contributed by atoms with Crippen molar-refractivity contribution in [1.29, 1.82) is 0 Å². The Bertz CT molecular complexity index is 314. The molecule has 1 heterocycles. The molecule has 1 aliphatic carbocycles. The molecule has 3 atom stereocenters. The highest BCUT2D eigenvalue weighted by molar-refractivity contribution is 5.80. The third-order valence-electron chi connectivity index (χ3n) is 4.70. The van der Waals surface area contributed by atoms with Gasteiger partial charge in [-0.15, -0.1) is 0 Å². The molecule has 3 unspecified atom stereocenters. The molecule has 1 aliphatic heterocycles. The van der Waals surface area contributed by atoms with Crippen LogP contribution in [0.2, 0.25) is 0 Å². The Hall–Kier alpha value is -0.570. The number of hydrogen-bond donors (Lipinski definition) is 1. The largest absolute Gasteiger partial charge is 0.342 e. The van der Waals surface area contributed by atoms with E-state index in [1.165, 1.54) is 12.8 Å². The number of hydrogen-bond acceptors (Lipinski definition) is 2. The molecular formula is C15H28N2O. The number of likely N-dealkylation sites (tertiary alicyclic amines) is 1. The summed E-state index contributed by atoms with van der Waals surface area (Å²) in [4.78, 5) is 14.7. The Labute approximate surface area is 111 Å². The van der Waals surface area contributed by atoms with Gasteiger partial charge in [0, 0.05) is 19.1 Å². The van der Waals surface area contributed by atoms with Crippen molar-refractivity contribution in [1.82, 2.24) is 4.90 Å². The van der Waals surface area contributed by atoms with Crippen molar-refractivity contribution in [3.63, 3.8) is 0 Å². The maximum atomic E-state index is 12.6. The molecule has 1 saturated heterocycles. The third kappa shape index (κ3) is 3.05. The second-order valence-corrected chi connectivity index (χ2v) is 7.22. The standard InChI is InChI=1S/C15H28N2O/c1-11-5-6-13(16)12(9-11)14(18)17-8-4-7-15(2,3)10-17/h11-13H,4-10,16H2,1-3H3. The van der Waals surface area contributed by atoms with Crippen molar-refractivity contribution in [3.8, 4) is 0 Å². The molecule has 1 amide bonds. The summed E-state index contributed by atoms with van der Waals surface area (Å²) >= 11 is 0. The number of nitrogens with zero attached hydrogens (tertiary/aromatic N) is 1. The summed E-state index contributed by atoms with van der Waals surface area (Å²) in [5, 5.41) is 0.